The van der Waals surface area contributed by atoms with Crippen LogP contribution in [0.25, 0.3) is 0 Å². The zero-order chi connectivity index (χ0) is 55.1. The molecule has 74 heavy (non-hydrogen) atoms. The van der Waals surface area contributed by atoms with Gasteiger partial charge in [-0.05, 0) is 33.1 Å². The quantitative estimate of drug-likeness (QED) is 0.104. The number of fused-ring (bicyclic) bond motifs is 2. The maximum atomic E-state index is 13.1. The monoisotopic (exact) mass is 1050 g/mol. The van der Waals surface area contributed by atoms with E-state index in [-0.39, 0.29) is 31.6 Å². The lowest BCUT2D eigenvalue weighted by atomic mass is 9.87. The molecule has 3 rings (SSSR count). The van der Waals surface area contributed by atoms with Crippen molar-refractivity contribution >= 4 is 18.0 Å². The predicted molar refractivity (Wildman–Crippen MR) is 267 cm³/mol. The van der Waals surface area contributed by atoms with Crippen LogP contribution in [0.15, 0.2) is 85.1 Å². The third-order valence-corrected chi connectivity index (χ3v) is 13.0. The first-order chi connectivity index (χ1) is 34.9. The van der Waals surface area contributed by atoms with Gasteiger partial charge in [-0.25, -0.2) is 15.0 Å². The van der Waals surface area contributed by atoms with Crippen LogP contribution in [0.3, 0.4) is 0 Å². The number of aliphatic hydroxyl groups excluding tert-OH is 10. The fourth-order valence-electron chi connectivity index (χ4n) is 8.47. The minimum absolute atomic E-state index is 0.128. The molecule has 0 saturated carbocycles. The van der Waals surface area contributed by atoms with Crippen molar-refractivity contribution in [2.75, 3.05) is 13.7 Å². The molecule has 16 N–H and O–H groups in total. The van der Waals surface area contributed by atoms with E-state index in [9.17, 15) is 70.6 Å². The van der Waals surface area contributed by atoms with E-state index in [0.717, 1.165) is 7.11 Å². The van der Waals surface area contributed by atoms with Crippen molar-refractivity contribution in [1.29, 1.82) is 0 Å². The minimum Gasteiger partial charge on any atom is -0.467 e. The first kappa shape index (κ1) is 64.0. The van der Waals surface area contributed by atoms with Crippen molar-refractivity contribution in [2.24, 2.45) is 17.6 Å². The molecule has 0 aromatic carbocycles. The Balaban J connectivity index is 1.94. The first-order valence-corrected chi connectivity index (χ1v) is 25.0. The second kappa shape index (κ2) is 32.4. The molecule has 2 amide bonds. The predicted octanol–water partition coefficient (Wildman–Crippen LogP) is -1.28. The second-order valence-electron chi connectivity index (χ2n) is 19.2. The van der Waals surface area contributed by atoms with Gasteiger partial charge in [0.1, 0.15) is 12.2 Å². The van der Waals surface area contributed by atoms with Crippen LogP contribution in [0, 0.1) is 11.8 Å². The maximum absolute atomic E-state index is 13.1. The number of allylic oxidation sites excluding steroid dienone is 12. The van der Waals surface area contributed by atoms with Gasteiger partial charge in [-0.3, -0.25) is 10.2 Å². The van der Waals surface area contributed by atoms with E-state index in [2.05, 4.69) is 20.9 Å². The lowest BCUT2D eigenvalue weighted by Gasteiger charge is -2.46. The van der Waals surface area contributed by atoms with Crippen molar-refractivity contribution in [2.45, 2.75) is 189 Å². The van der Waals surface area contributed by atoms with Gasteiger partial charge in [0.05, 0.1) is 99.3 Å². The molecule has 23 nitrogen and oxygen atoms in total. The number of aliphatic hydroxyl groups is 11. The van der Waals surface area contributed by atoms with Crippen molar-refractivity contribution < 1.29 is 94.2 Å². The number of rotatable bonds is 7. The van der Waals surface area contributed by atoms with Crippen LogP contribution in [0.5, 0.6) is 0 Å². The maximum Gasteiger partial charge on any atom is 0.336 e. The van der Waals surface area contributed by atoms with E-state index < -0.39 is 166 Å². The van der Waals surface area contributed by atoms with E-state index >= 15 is 0 Å². The Kier molecular flexibility index (Phi) is 28.0. The molecule has 3 aliphatic heterocycles. The normalized spacial score (nSPS) is 41.7. The van der Waals surface area contributed by atoms with Gasteiger partial charge in [-0.15, -0.1) is 0 Å². The molecule has 420 valence electrons. The number of hydrogen-bond donors (Lipinski definition) is 15. The van der Waals surface area contributed by atoms with Gasteiger partial charge in [0, 0.05) is 37.5 Å². The topological polar surface area (TPSA) is 382 Å². The minimum atomic E-state index is -2.35. The van der Waals surface area contributed by atoms with E-state index in [1.54, 1.807) is 86.8 Å². The Morgan fingerprint density at radius 2 is 1.32 bits per heavy atom. The van der Waals surface area contributed by atoms with Crippen molar-refractivity contribution in [1.82, 2.24) is 16.2 Å². The number of cyclic esters (lactones) is 1. The van der Waals surface area contributed by atoms with Crippen LogP contribution in [-0.2, 0) is 33.3 Å². The molecular formula is C51H82N4O19. The van der Waals surface area contributed by atoms with Gasteiger partial charge in [-0.1, -0.05) is 98.9 Å². The molecule has 3 heterocycles. The molecule has 0 spiro atoms. The molecule has 0 aliphatic carbocycles. The highest BCUT2D eigenvalue weighted by Crippen LogP contribution is 2.35. The summed E-state index contributed by atoms with van der Waals surface area (Å²) in [5.74, 6) is -4.83. The van der Waals surface area contributed by atoms with Gasteiger partial charge in [0.15, 0.2) is 18.2 Å². The van der Waals surface area contributed by atoms with Gasteiger partial charge in [-0.2, -0.15) is 0 Å². The zero-order valence-corrected chi connectivity index (χ0v) is 42.7. The molecular weight excluding hydrogens is 973 g/mol. The van der Waals surface area contributed by atoms with Crippen molar-refractivity contribution in [3.05, 3.63) is 85.1 Å². The lowest BCUT2D eigenvalue weighted by Crippen LogP contribution is -2.64. The molecule has 20 atom stereocenters. The molecule has 0 unspecified atom stereocenters. The smallest absolute Gasteiger partial charge is 0.336 e. The van der Waals surface area contributed by atoms with Crippen LogP contribution in [0.4, 0.5) is 4.79 Å². The first-order valence-electron chi connectivity index (χ1n) is 25.0. The highest BCUT2D eigenvalue weighted by molar-refractivity contribution is 5.75. The fourth-order valence-corrected chi connectivity index (χ4v) is 8.47. The number of amides is 2. The van der Waals surface area contributed by atoms with Crippen molar-refractivity contribution in [3.63, 3.8) is 0 Å². The second-order valence-corrected chi connectivity index (χ2v) is 19.2. The Labute approximate surface area is 432 Å². The van der Waals surface area contributed by atoms with Gasteiger partial charge < -0.3 is 90.9 Å². The number of ether oxygens (including phenoxy) is 5. The summed E-state index contributed by atoms with van der Waals surface area (Å²) in [6, 6.07) is -3.50. The van der Waals surface area contributed by atoms with Crippen LogP contribution in [0.2, 0.25) is 0 Å². The van der Waals surface area contributed by atoms with Crippen LogP contribution in [0.1, 0.15) is 79.1 Å². The molecule has 0 aromatic heterocycles. The SMILES string of the molecule is COC(=O)[C@H](O)CNNC(=O)N[C@H]1[C@@H]2C[C@@H](O[C@@H]3O[C@H](C)[C@@H](O)[C@H](N)[C@@H]3O)/C=C/C=C/C=C/C=C/C=C/C=C/C=C/[C@H](C)[C@@H](O)[C@@H](C)[C@H](C)OC(=O)C[C@H](O)C[C@H](O)CC[C@@H](O)[C@H](O)C[C@H](O)C[C@](O)(C[C@@H]1O)O2. The molecule has 2 saturated heterocycles. The number of hydrogen-bond acceptors (Lipinski definition) is 21. The third-order valence-electron chi connectivity index (χ3n) is 13.0. The molecule has 0 aromatic rings. The van der Waals surface area contributed by atoms with Gasteiger partial charge >= 0.3 is 18.0 Å². The van der Waals surface area contributed by atoms with Crippen LogP contribution >= 0.6 is 0 Å². The molecule has 0 radical (unpaired) electrons. The largest absolute Gasteiger partial charge is 0.467 e. The number of methoxy groups -OCH3 is 1. The number of carbonyl (C=O) groups excluding carboxylic acids is 3. The summed E-state index contributed by atoms with van der Waals surface area (Å²) < 4.78 is 28.1. The Morgan fingerprint density at radius 1 is 0.730 bits per heavy atom. The number of nitrogens with two attached hydrogens (primary N) is 1. The van der Waals surface area contributed by atoms with Gasteiger partial charge in [0.2, 0.25) is 0 Å². The molecule has 3 aliphatic rings. The fraction of sp³-hybridized carbons (Fsp3) is 0.667. The lowest BCUT2D eigenvalue weighted by molar-refractivity contribution is -0.303. The van der Waals surface area contributed by atoms with Crippen molar-refractivity contribution in [3.8, 4) is 0 Å². The van der Waals surface area contributed by atoms with E-state index in [0.29, 0.717) is 0 Å². The summed E-state index contributed by atoms with van der Waals surface area (Å²) in [5, 5.41) is 122. The Hall–Kier alpha value is -4.25. The summed E-state index contributed by atoms with van der Waals surface area (Å²) in [6.07, 6.45) is 1.58. The molecule has 2 bridgehead atoms. The average molecular weight is 1060 g/mol. The third kappa shape index (κ3) is 22.1. The Morgan fingerprint density at radius 3 is 1.93 bits per heavy atom. The number of carbonyl (C=O) groups is 3. The standard InChI is InChI=1S/C51H82N4O19/c1-29-18-16-14-12-10-8-6-7-9-11-13-15-17-19-36(73-49-47(66)43(52)46(65)32(4)72-49)25-41-44(54-50(68)55-53-28-40(62)48(67)70-5)39(61)27-51(69,74-41)26-35(58)23-38(60)37(59)21-20-33(56)22-34(57)24-42(63)71-31(3)30(2)45(29)64/h6-19,29-41,43-47,49,53,56-62,64-66,69H,20-28,52H2,1-5H3,(H2,54,55,68)/b7-6+,10-8+,11-9+,14-12+,15-13+,18-16+,19-17+/t29-,30-,31-,32+,33+,34+,35-,36-,37+,38+,39-,40+,41-,43-,44+,45+,46+,47-,49-,51+/m0/s1. The summed E-state index contributed by atoms with van der Waals surface area (Å²) in [5.41, 5.74) is 10.7. The van der Waals surface area contributed by atoms with E-state index in [1.165, 1.54) is 13.0 Å². The highest BCUT2D eigenvalue weighted by atomic mass is 16.7. The number of esters is 2. The number of hydrazine groups is 1. The Bertz CT molecular complexity index is 1920. The van der Waals surface area contributed by atoms with Gasteiger partial charge in [0.25, 0.3) is 0 Å². The number of urea groups is 1. The zero-order valence-electron chi connectivity index (χ0n) is 42.7. The summed E-state index contributed by atoms with van der Waals surface area (Å²) in [7, 11) is 1.06. The average Bonchev–Trinajstić information content (AvgIpc) is 3.33. The summed E-state index contributed by atoms with van der Waals surface area (Å²) in [4.78, 5) is 37.5. The number of nitrogens with one attached hydrogen (secondary N) is 3. The van der Waals surface area contributed by atoms with E-state index in [4.69, 9.17) is 24.7 Å². The summed E-state index contributed by atoms with van der Waals surface area (Å²) in [6.45, 7) is 6.25. The van der Waals surface area contributed by atoms with Crippen LogP contribution in [-0.4, -0.2) is 197 Å². The van der Waals surface area contributed by atoms with Crippen LogP contribution < -0.4 is 21.9 Å². The summed E-state index contributed by atoms with van der Waals surface area (Å²) >= 11 is 0. The highest BCUT2D eigenvalue weighted by Gasteiger charge is 2.49. The molecule has 23 heteroatoms. The molecule has 2 fully saturated rings. The van der Waals surface area contributed by atoms with E-state index in [1.807, 2.05) is 13.0 Å².